The SMILES string of the molecule is CCCNC(C#N)c1ccsc1. The molecule has 3 heteroatoms. The molecule has 1 aromatic rings. The molecule has 0 saturated heterocycles. The molecule has 0 aliphatic rings. The minimum Gasteiger partial charge on any atom is -0.298 e. The van der Waals surface area contributed by atoms with Crippen molar-refractivity contribution < 1.29 is 0 Å². The van der Waals surface area contributed by atoms with Crippen molar-refractivity contribution in [3.63, 3.8) is 0 Å². The van der Waals surface area contributed by atoms with Crippen molar-refractivity contribution in [2.45, 2.75) is 19.4 Å². The van der Waals surface area contributed by atoms with Crippen LogP contribution in [0.25, 0.3) is 0 Å². The maximum absolute atomic E-state index is 8.82. The molecule has 1 heterocycles. The number of thiophene rings is 1. The van der Waals surface area contributed by atoms with Crippen LogP contribution in [-0.2, 0) is 0 Å². The Balaban J connectivity index is 2.53. The van der Waals surface area contributed by atoms with Gasteiger partial charge in [-0.1, -0.05) is 6.92 Å². The van der Waals surface area contributed by atoms with E-state index >= 15 is 0 Å². The molecule has 0 radical (unpaired) electrons. The fraction of sp³-hybridized carbons (Fsp3) is 0.444. The Bertz CT molecular complexity index is 248. The van der Waals surface area contributed by atoms with E-state index < -0.39 is 0 Å². The Kier molecular flexibility index (Phi) is 3.78. The molecule has 0 aromatic carbocycles. The van der Waals surface area contributed by atoms with E-state index in [-0.39, 0.29) is 6.04 Å². The lowest BCUT2D eigenvalue weighted by Gasteiger charge is -2.07. The molecule has 64 valence electrons. The molecule has 1 aromatic heterocycles. The fourth-order valence-corrected chi connectivity index (χ4v) is 1.65. The number of hydrogen-bond donors (Lipinski definition) is 1. The van der Waals surface area contributed by atoms with Gasteiger partial charge in [0.15, 0.2) is 0 Å². The zero-order valence-electron chi connectivity index (χ0n) is 7.08. The van der Waals surface area contributed by atoms with Gasteiger partial charge in [0.2, 0.25) is 0 Å². The second kappa shape index (κ2) is 4.91. The van der Waals surface area contributed by atoms with Gasteiger partial charge < -0.3 is 0 Å². The Hall–Kier alpha value is -0.850. The van der Waals surface area contributed by atoms with Gasteiger partial charge >= 0.3 is 0 Å². The molecule has 1 unspecified atom stereocenters. The number of nitriles is 1. The van der Waals surface area contributed by atoms with Crippen molar-refractivity contribution >= 4 is 11.3 Å². The van der Waals surface area contributed by atoms with Crippen molar-refractivity contribution in [3.05, 3.63) is 22.4 Å². The smallest absolute Gasteiger partial charge is 0.122 e. The summed E-state index contributed by atoms with van der Waals surface area (Å²) < 4.78 is 0. The van der Waals surface area contributed by atoms with Crippen molar-refractivity contribution in [3.8, 4) is 6.07 Å². The van der Waals surface area contributed by atoms with Crippen LogP contribution in [0.5, 0.6) is 0 Å². The highest BCUT2D eigenvalue weighted by Gasteiger charge is 2.07. The van der Waals surface area contributed by atoms with Gasteiger partial charge in [0.25, 0.3) is 0 Å². The summed E-state index contributed by atoms with van der Waals surface area (Å²) in [7, 11) is 0. The monoisotopic (exact) mass is 180 g/mol. The fourth-order valence-electron chi connectivity index (χ4n) is 0.966. The third-order valence-corrected chi connectivity index (χ3v) is 2.31. The molecule has 0 fully saturated rings. The molecule has 0 spiro atoms. The van der Waals surface area contributed by atoms with Gasteiger partial charge in [-0.25, -0.2) is 0 Å². The average Bonchev–Trinajstić information content (AvgIpc) is 2.59. The lowest BCUT2D eigenvalue weighted by molar-refractivity contribution is 0.622. The van der Waals surface area contributed by atoms with E-state index in [1.165, 1.54) is 0 Å². The molecular weight excluding hydrogens is 168 g/mol. The molecule has 0 saturated carbocycles. The number of nitrogens with one attached hydrogen (secondary N) is 1. The highest BCUT2D eigenvalue weighted by molar-refractivity contribution is 7.07. The lowest BCUT2D eigenvalue weighted by atomic mass is 10.2. The number of hydrogen-bond acceptors (Lipinski definition) is 3. The van der Waals surface area contributed by atoms with Gasteiger partial charge in [-0.2, -0.15) is 16.6 Å². The molecule has 0 bridgehead atoms. The summed E-state index contributed by atoms with van der Waals surface area (Å²) in [5.74, 6) is 0. The highest BCUT2D eigenvalue weighted by Crippen LogP contribution is 2.15. The number of rotatable bonds is 4. The van der Waals surface area contributed by atoms with Gasteiger partial charge in [0, 0.05) is 0 Å². The van der Waals surface area contributed by atoms with E-state index in [1.54, 1.807) is 11.3 Å². The first-order valence-corrected chi connectivity index (χ1v) is 4.98. The zero-order chi connectivity index (χ0) is 8.81. The standard InChI is InChI=1S/C9H12N2S/c1-2-4-11-9(6-10)8-3-5-12-7-8/h3,5,7,9,11H,2,4H2,1H3. The second-order valence-corrected chi connectivity index (χ2v) is 3.35. The van der Waals surface area contributed by atoms with Crippen LogP contribution in [0.3, 0.4) is 0 Å². The summed E-state index contributed by atoms with van der Waals surface area (Å²) in [6.45, 7) is 2.99. The Morgan fingerprint density at radius 3 is 3.08 bits per heavy atom. The van der Waals surface area contributed by atoms with Gasteiger partial charge in [0.1, 0.15) is 6.04 Å². The molecule has 0 aliphatic heterocycles. The maximum atomic E-state index is 8.82. The van der Waals surface area contributed by atoms with Crippen LogP contribution in [0, 0.1) is 11.3 Å². The summed E-state index contributed by atoms with van der Waals surface area (Å²) in [5, 5.41) is 16.0. The zero-order valence-corrected chi connectivity index (χ0v) is 7.90. The first kappa shape index (κ1) is 9.24. The minimum atomic E-state index is -0.129. The average molecular weight is 180 g/mol. The largest absolute Gasteiger partial charge is 0.298 e. The summed E-state index contributed by atoms with van der Waals surface area (Å²) >= 11 is 1.63. The minimum absolute atomic E-state index is 0.129. The van der Waals surface area contributed by atoms with Crippen LogP contribution >= 0.6 is 11.3 Å². The molecule has 1 rings (SSSR count). The molecule has 0 aliphatic carbocycles. The van der Waals surface area contributed by atoms with Crippen molar-refractivity contribution in [2.75, 3.05) is 6.54 Å². The van der Waals surface area contributed by atoms with Gasteiger partial charge in [-0.15, -0.1) is 0 Å². The molecule has 2 nitrogen and oxygen atoms in total. The second-order valence-electron chi connectivity index (χ2n) is 2.57. The molecule has 12 heavy (non-hydrogen) atoms. The van der Waals surface area contributed by atoms with E-state index in [1.807, 2.05) is 16.8 Å². The van der Waals surface area contributed by atoms with E-state index in [4.69, 9.17) is 5.26 Å². The lowest BCUT2D eigenvalue weighted by Crippen LogP contribution is -2.19. The molecular formula is C9H12N2S. The first-order chi connectivity index (χ1) is 5.88. The summed E-state index contributed by atoms with van der Waals surface area (Å²) in [5.41, 5.74) is 1.08. The van der Waals surface area contributed by atoms with E-state index in [0.29, 0.717) is 0 Å². The van der Waals surface area contributed by atoms with Crippen LogP contribution in [0.2, 0.25) is 0 Å². The van der Waals surface area contributed by atoms with Gasteiger partial charge in [-0.05, 0) is 35.4 Å². The van der Waals surface area contributed by atoms with Crippen LogP contribution in [0.1, 0.15) is 24.9 Å². The van der Waals surface area contributed by atoms with E-state index in [2.05, 4.69) is 18.3 Å². The third-order valence-electron chi connectivity index (χ3n) is 1.60. The Morgan fingerprint density at radius 2 is 2.58 bits per heavy atom. The topological polar surface area (TPSA) is 35.8 Å². The third kappa shape index (κ3) is 2.33. The highest BCUT2D eigenvalue weighted by atomic mass is 32.1. The van der Waals surface area contributed by atoms with Gasteiger partial charge in [-0.3, -0.25) is 5.32 Å². The van der Waals surface area contributed by atoms with E-state index in [9.17, 15) is 0 Å². The normalized spacial score (nSPS) is 12.3. The predicted octanol–water partition coefficient (Wildman–Crippen LogP) is 2.31. The molecule has 0 amide bonds. The van der Waals surface area contributed by atoms with Crippen molar-refractivity contribution in [2.24, 2.45) is 0 Å². The van der Waals surface area contributed by atoms with E-state index in [0.717, 1.165) is 18.5 Å². The molecule has 1 atom stereocenters. The Morgan fingerprint density at radius 1 is 1.75 bits per heavy atom. The first-order valence-electron chi connectivity index (χ1n) is 4.03. The maximum Gasteiger partial charge on any atom is 0.122 e. The number of nitrogens with zero attached hydrogens (tertiary/aromatic N) is 1. The van der Waals surface area contributed by atoms with Crippen LogP contribution in [0.15, 0.2) is 16.8 Å². The van der Waals surface area contributed by atoms with Crippen LogP contribution < -0.4 is 5.32 Å². The summed E-state index contributed by atoms with van der Waals surface area (Å²) in [4.78, 5) is 0. The quantitative estimate of drug-likeness (QED) is 0.771. The van der Waals surface area contributed by atoms with Crippen molar-refractivity contribution in [1.82, 2.24) is 5.32 Å². The molecule has 1 N–H and O–H groups in total. The summed E-state index contributed by atoms with van der Waals surface area (Å²) in [6.07, 6.45) is 1.06. The van der Waals surface area contributed by atoms with Crippen molar-refractivity contribution in [1.29, 1.82) is 5.26 Å². The predicted molar refractivity (Wildman–Crippen MR) is 51.0 cm³/mol. The van der Waals surface area contributed by atoms with Crippen LogP contribution in [-0.4, -0.2) is 6.54 Å². The Labute approximate surface area is 76.8 Å². The summed E-state index contributed by atoms with van der Waals surface area (Å²) in [6, 6.07) is 4.09. The van der Waals surface area contributed by atoms with Gasteiger partial charge in [0.05, 0.1) is 6.07 Å². The van der Waals surface area contributed by atoms with Crippen LogP contribution in [0.4, 0.5) is 0 Å².